The Balaban J connectivity index is 2.24. The second-order valence-electron chi connectivity index (χ2n) is 4.13. The normalized spacial score (nSPS) is 11.4. The van der Waals surface area contributed by atoms with Crippen LogP contribution >= 0.6 is 0 Å². The Morgan fingerprint density at radius 3 is 2.40 bits per heavy atom. The van der Waals surface area contributed by atoms with Gasteiger partial charge in [-0.1, -0.05) is 18.2 Å². The van der Waals surface area contributed by atoms with Crippen molar-refractivity contribution in [3.63, 3.8) is 0 Å². The monoisotopic (exact) mass is 285 g/mol. The standard InChI is InChI=1S/C14H11F4NO/c15-12-3-1-2-4-13(12)20-8-9-5-6-10(19)7-11(9)14(16,17)18/h1-7H,8,19H2. The fourth-order valence-corrected chi connectivity index (χ4v) is 1.70. The van der Waals surface area contributed by atoms with E-state index in [1.807, 2.05) is 0 Å². The van der Waals surface area contributed by atoms with E-state index < -0.39 is 24.2 Å². The third kappa shape index (κ3) is 3.20. The predicted molar refractivity (Wildman–Crippen MR) is 66.6 cm³/mol. The van der Waals surface area contributed by atoms with E-state index in [4.69, 9.17) is 10.5 Å². The quantitative estimate of drug-likeness (QED) is 0.683. The summed E-state index contributed by atoms with van der Waals surface area (Å²) in [5.74, 6) is -0.728. The zero-order valence-corrected chi connectivity index (χ0v) is 10.2. The van der Waals surface area contributed by atoms with Gasteiger partial charge in [-0.3, -0.25) is 0 Å². The first-order chi connectivity index (χ1) is 9.38. The molecule has 2 N–H and O–H groups in total. The molecule has 2 aromatic rings. The van der Waals surface area contributed by atoms with Gasteiger partial charge in [-0.15, -0.1) is 0 Å². The molecule has 0 radical (unpaired) electrons. The van der Waals surface area contributed by atoms with E-state index in [1.165, 1.54) is 36.4 Å². The summed E-state index contributed by atoms with van der Waals surface area (Å²) in [6.07, 6.45) is -4.54. The zero-order valence-electron chi connectivity index (χ0n) is 10.2. The predicted octanol–water partition coefficient (Wildman–Crippen LogP) is 4.01. The van der Waals surface area contributed by atoms with Crippen molar-refractivity contribution in [1.29, 1.82) is 0 Å². The molecule has 2 aromatic carbocycles. The molecule has 106 valence electrons. The van der Waals surface area contributed by atoms with E-state index in [9.17, 15) is 17.6 Å². The second-order valence-corrected chi connectivity index (χ2v) is 4.13. The van der Waals surface area contributed by atoms with Crippen LogP contribution in [0.1, 0.15) is 11.1 Å². The first-order valence-corrected chi connectivity index (χ1v) is 5.71. The highest BCUT2D eigenvalue weighted by atomic mass is 19.4. The Bertz CT molecular complexity index is 610. The van der Waals surface area contributed by atoms with Crippen LogP contribution in [-0.2, 0) is 12.8 Å². The number of alkyl halides is 3. The van der Waals surface area contributed by atoms with Gasteiger partial charge in [-0.25, -0.2) is 4.39 Å². The summed E-state index contributed by atoms with van der Waals surface area (Å²) in [4.78, 5) is 0. The number of para-hydroxylation sites is 1. The van der Waals surface area contributed by atoms with Crippen molar-refractivity contribution in [2.45, 2.75) is 12.8 Å². The van der Waals surface area contributed by atoms with Crippen LogP contribution in [0.15, 0.2) is 42.5 Å². The number of benzene rings is 2. The minimum Gasteiger partial charge on any atom is -0.486 e. The van der Waals surface area contributed by atoms with Crippen molar-refractivity contribution in [2.75, 3.05) is 5.73 Å². The molecule has 0 spiro atoms. The number of anilines is 1. The third-order valence-electron chi connectivity index (χ3n) is 2.66. The van der Waals surface area contributed by atoms with E-state index in [1.54, 1.807) is 0 Å². The molecule has 2 rings (SSSR count). The van der Waals surface area contributed by atoms with Gasteiger partial charge in [0.1, 0.15) is 6.61 Å². The third-order valence-corrected chi connectivity index (χ3v) is 2.66. The number of hydrogen-bond donors (Lipinski definition) is 1. The molecular formula is C14H11F4NO. The molecule has 0 saturated heterocycles. The SMILES string of the molecule is Nc1ccc(COc2ccccc2F)c(C(F)(F)F)c1. The molecule has 0 unspecified atom stereocenters. The van der Waals surface area contributed by atoms with Crippen molar-refractivity contribution >= 4 is 5.69 Å². The Morgan fingerprint density at radius 1 is 1.05 bits per heavy atom. The minimum absolute atomic E-state index is 0.00645. The van der Waals surface area contributed by atoms with E-state index >= 15 is 0 Å². The van der Waals surface area contributed by atoms with E-state index in [0.717, 1.165) is 6.07 Å². The summed E-state index contributed by atoms with van der Waals surface area (Å²) in [6, 6.07) is 8.91. The number of halogens is 4. The Labute approximate surface area is 112 Å². The first kappa shape index (κ1) is 14.2. The lowest BCUT2D eigenvalue weighted by Gasteiger charge is -2.14. The maximum Gasteiger partial charge on any atom is 0.416 e. The minimum atomic E-state index is -4.54. The van der Waals surface area contributed by atoms with Gasteiger partial charge in [0, 0.05) is 11.3 Å². The lowest BCUT2D eigenvalue weighted by atomic mass is 10.1. The topological polar surface area (TPSA) is 35.2 Å². The average Bonchev–Trinajstić information content (AvgIpc) is 2.38. The van der Waals surface area contributed by atoms with Gasteiger partial charge in [0.15, 0.2) is 11.6 Å². The number of nitrogens with two attached hydrogens (primary N) is 1. The highest BCUT2D eigenvalue weighted by Crippen LogP contribution is 2.34. The molecule has 0 saturated carbocycles. The molecule has 0 bridgehead atoms. The maximum atomic E-state index is 13.3. The Hall–Kier alpha value is -2.24. The van der Waals surface area contributed by atoms with Crippen molar-refractivity contribution in [1.82, 2.24) is 0 Å². The van der Waals surface area contributed by atoms with Crippen LogP contribution in [-0.4, -0.2) is 0 Å². The molecule has 0 aliphatic heterocycles. The van der Waals surface area contributed by atoms with Gasteiger partial charge in [-0.05, 0) is 24.3 Å². The molecule has 6 heteroatoms. The lowest BCUT2D eigenvalue weighted by Crippen LogP contribution is -2.12. The van der Waals surface area contributed by atoms with Crippen molar-refractivity contribution in [3.8, 4) is 5.75 Å². The van der Waals surface area contributed by atoms with Crippen molar-refractivity contribution in [2.24, 2.45) is 0 Å². The number of nitrogen functional groups attached to an aromatic ring is 1. The molecule has 0 aromatic heterocycles. The van der Waals surface area contributed by atoms with Crippen LogP contribution < -0.4 is 10.5 Å². The number of rotatable bonds is 3. The van der Waals surface area contributed by atoms with Crippen molar-refractivity contribution in [3.05, 3.63) is 59.4 Å². The fourth-order valence-electron chi connectivity index (χ4n) is 1.70. The Morgan fingerprint density at radius 2 is 1.75 bits per heavy atom. The average molecular weight is 285 g/mol. The summed E-state index contributed by atoms with van der Waals surface area (Å²) in [5.41, 5.74) is 4.38. The molecular weight excluding hydrogens is 274 g/mol. The molecule has 20 heavy (non-hydrogen) atoms. The summed E-state index contributed by atoms with van der Waals surface area (Å²) in [7, 11) is 0. The largest absolute Gasteiger partial charge is 0.486 e. The van der Waals surface area contributed by atoms with Gasteiger partial charge in [0.25, 0.3) is 0 Å². The van der Waals surface area contributed by atoms with Crippen molar-refractivity contribution < 1.29 is 22.3 Å². The molecule has 2 nitrogen and oxygen atoms in total. The number of hydrogen-bond acceptors (Lipinski definition) is 2. The highest BCUT2D eigenvalue weighted by molar-refractivity contribution is 5.46. The smallest absolute Gasteiger partial charge is 0.416 e. The van der Waals surface area contributed by atoms with Gasteiger partial charge < -0.3 is 10.5 Å². The lowest BCUT2D eigenvalue weighted by molar-refractivity contribution is -0.138. The first-order valence-electron chi connectivity index (χ1n) is 5.71. The summed E-state index contributed by atoms with van der Waals surface area (Å²) >= 11 is 0. The molecule has 0 atom stereocenters. The fraction of sp³-hybridized carbons (Fsp3) is 0.143. The van der Waals surface area contributed by atoms with Gasteiger partial charge >= 0.3 is 6.18 Å². The van der Waals surface area contributed by atoms with Gasteiger partial charge in [0.05, 0.1) is 5.56 Å². The van der Waals surface area contributed by atoms with Crippen LogP contribution in [0.5, 0.6) is 5.75 Å². The van der Waals surface area contributed by atoms with E-state index in [2.05, 4.69) is 0 Å². The zero-order chi connectivity index (χ0) is 14.8. The summed E-state index contributed by atoms with van der Waals surface area (Å²) < 4.78 is 57.0. The highest BCUT2D eigenvalue weighted by Gasteiger charge is 2.33. The van der Waals surface area contributed by atoms with Crippen LogP contribution in [0.3, 0.4) is 0 Å². The molecule has 0 aliphatic carbocycles. The summed E-state index contributed by atoms with van der Waals surface area (Å²) in [6.45, 7) is -0.393. The van der Waals surface area contributed by atoms with Crippen LogP contribution in [0, 0.1) is 5.82 Å². The van der Waals surface area contributed by atoms with E-state index in [-0.39, 0.29) is 17.0 Å². The molecule has 0 amide bonds. The molecule has 0 fully saturated rings. The van der Waals surface area contributed by atoms with Crippen LogP contribution in [0.25, 0.3) is 0 Å². The van der Waals surface area contributed by atoms with Crippen LogP contribution in [0.4, 0.5) is 23.2 Å². The van der Waals surface area contributed by atoms with Crippen LogP contribution in [0.2, 0.25) is 0 Å². The number of ether oxygens (including phenoxy) is 1. The van der Waals surface area contributed by atoms with Gasteiger partial charge in [0.2, 0.25) is 0 Å². The Kier molecular flexibility index (Phi) is 3.83. The maximum absolute atomic E-state index is 13.3. The molecule has 0 aliphatic rings. The van der Waals surface area contributed by atoms with E-state index in [0.29, 0.717) is 0 Å². The van der Waals surface area contributed by atoms with Gasteiger partial charge in [-0.2, -0.15) is 13.2 Å². The molecule has 0 heterocycles. The second kappa shape index (κ2) is 5.40. The summed E-state index contributed by atoms with van der Waals surface area (Å²) in [5, 5.41) is 0.